The number of hydrogen-bond donors (Lipinski definition) is 1. The average Bonchev–Trinajstić information content (AvgIpc) is 3.41. The molecular weight excluding hydrogens is 368 g/mol. The molecule has 2 aromatic heterocycles. The van der Waals surface area contributed by atoms with Crippen molar-refractivity contribution in [2.75, 3.05) is 49.6 Å². The summed E-state index contributed by atoms with van der Waals surface area (Å²) in [6, 6.07) is 4.19. The molecule has 0 aromatic carbocycles. The molecule has 1 amide bonds. The van der Waals surface area contributed by atoms with E-state index in [1.165, 1.54) is 12.8 Å². The maximum Gasteiger partial charge on any atom is 0.246 e. The summed E-state index contributed by atoms with van der Waals surface area (Å²) in [4.78, 5) is 27.7. The van der Waals surface area contributed by atoms with E-state index in [0.717, 1.165) is 36.1 Å². The second-order valence-electron chi connectivity index (χ2n) is 7.46. The number of nitrogens with zero attached hydrogens (tertiary/aromatic N) is 7. The molecule has 2 fully saturated rings. The van der Waals surface area contributed by atoms with Crippen LogP contribution in [-0.2, 0) is 18.4 Å². The van der Waals surface area contributed by atoms with Crippen LogP contribution in [0.5, 0.6) is 0 Å². The molecule has 4 rings (SSSR count). The summed E-state index contributed by atoms with van der Waals surface area (Å²) in [5.74, 6) is 1.82. The first-order valence-corrected chi connectivity index (χ1v) is 10.1. The van der Waals surface area contributed by atoms with Gasteiger partial charge in [-0.25, -0.2) is 4.98 Å². The first kappa shape index (κ1) is 19.2. The Balaban J connectivity index is 1.32. The quantitative estimate of drug-likeness (QED) is 0.609. The van der Waals surface area contributed by atoms with Crippen LogP contribution in [0.1, 0.15) is 18.4 Å². The third-order valence-corrected chi connectivity index (χ3v) is 5.42. The van der Waals surface area contributed by atoms with Crippen molar-refractivity contribution in [3.63, 3.8) is 0 Å². The molecule has 2 aliphatic rings. The molecule has 0 spiro atoms. The number of carbonyl (C=O) groups excluding carboxylic acids is 1. The zero-order valence-electron chi connectivity index (χ0n) is 17.1. The van der Waals surface area contributed by atoms with E-state index in [4.69, 9.17) is 0 Å². The first-order valence-electron chi connectivity index (χ1n) is 10.1. The fourth-order valence-corrected chi connectivity index (χ4v) is 3.84. The molecule has 9 heteroatoms. The highest BCUT2D eigenvalue weighted by atomic mass is 16.2. The van der Waals surface area contributed by atoms with E-state index in [0.29, 0.717) is 26.2 Å². The van der Waals surface area contributed by atoms with Gasteiger partial charge in [-0.05, 0) is 24.5 Å². The van der Waals surface area contributed by atoms with Crippen LogP contribution in [0.3, 0.4) is 0 Å². The van der Waals surface area contributed by atoms with Gasteiger partial charge in [0.2, 0.25) is 5.91 Å². The van der Waals surface area contributed by atoms with Gasteiger partial charge in [0.05, 0.1) is 11.9 Å². The number of guanidine groups is 1. The van der Waals surface area contributed by atoms with Crippen LogP contribution in [0.4, 0.5) is 11.5 Å². The fourth-order valence-electron chi connectivity index (χ4n) is 3.84. The second-order valence-corrected chi connectivity index (χ2v) is 7.46. The van der Waals surface area contributed by atoms with E-state index in [2.05, 4.69) is 37.4 Å². The molecule has 0 unspecified atom stereocenters. The summed E-state index contributed by atoms with van der Waals surface area (Å²) in [6.45, 7) is 4.42. The molecule has 29 heavy (non-hydrogen) atoms. The topological polar surface area (TPSA) is 81.9 Å². The van der Waals surface area contributed by atoms with Crippen LogP contribution in [0, 0.1) is 0 Å². The number of nitrogens with one attached hydrogen (secondary N) is 1. The van der Waals surface area contributed by atoms with Gasteiger partial charge < -0.3 is 20.0 Å². The van der Waals surface area contributed by atoms with E-state index in [-0.39, 0.29) is 5.91 Å². The van der Waals surface area contributed by atoms with Crippen LogP contribution in [0.15, 0.2) is 35.7 Å². The maximum atomic E-state index is 12.6. The highest BCUT2D eigenvalue weighted by Crippen LogP contribution is 2.18. The lowest BCUT2D eigenvalue weighted by Crippen LogP contribution is -2.55. The van der Waals surface area contributed by atoms with E-state index in [9.17, 15) is 4.79 Å². The minimum absolute atomic E-state index is 0.0452. The van der Waals surface area contributed by atoms with Crippen LogP contribution in [0.2, 0.25) is 0 Å². The number of anilines is 2. The largest absolute Gasteiger partial charge is 0.357 e. The Labute approximate surface area is 171 Å². The minimum Gasteiger partial charge on any atom is -0.357 e. The number of rotatable bonds is 4. The highest BCUT2D eigenvalue weighted by molar-refractivity contribution is 5.98. The molecule has 0 radical (unpaired) electrons. The SMILES string of the molecule is CN=C(NCc1ccc(N2CCCC2)nc1)N1CCN(c2cnn(C)c2)C(=O)C1. The van der Waals surface area contributed by atoms with E-state index >= 15 is 0 Å². The zero-order valence-corrected chi connectivity index (χ0v) is 17.1. The molecule has 2 aromatic rings. The number of pyridine rings is 1. The van der Waals surface area contributed by atoms with Crippen molar-refractivity contribution in [1.82, 2.24) is 25.0 Å². The molecule has 0 bridgehead atoms. The van der Waals surface area contributed by atoms with Crippen molar-refractivity contribution < 1.29 is 4.79 Å². The Bertz CT molecular complexity index is 869. The molecule has 0 saturated carbocycles. The Morgan fingerprint density at radius 1 is 1.17 bits per heavy atom. The monoisotopic (exact) mass is 396 g/mol. The summed E-state index contributed by atoms with van der Waals surface area (Å²) >= 11 is 0. The van der Waals surface area contributed by atoms with Crippen molar-refractivity contribution in [1.29, 1.82) is 0 Å². The van der Waals surface area contributed by atoms with Crippen LogP contribution < -0.4 is 15.1 Å². The van der Waals surface area contributed by atoms with E-state index in [1.54, 1.807) is 22.8 Å². The molecular formula is C20H28N8O. The lowest BCUT2D eigenvalue weighted by Gasteiger charge is -2.35. The number of carbonyl (C=O) groups is 1. The Morgan fingerprint density at radius 3 is 2.62 bits per heavy atom. The normalized spacial score (nSPS) is 17.9. The molecule has 4 heterocycles. The molecule has 0 atom stereocenters. The van der Waals surface area contributed by atoms with Gasteiger partial charge in [-0.15, -0.1) is 0 Å². The second kappa shape index (κ2) is 8.50. The first-order chi connectivity index (χ1) is 14.1. The summed E-state index contributed by atoms with van der Waals surface area (Å²) in [5.41, 5.74) is 1.93. The lowest BCUT2D eigenvalue weighted by atomic mass is 10.2. The molecule has 1 N–H and O–H groups in total. The number of amides is 1. The van der Waals surface area contributed by atoms with Crippen LogP contribution >= 0.6 is 0 Å². The Hall–Kier alpha value is -3.10. The van der Waals surface area contributed by atoms with Crippen LogP contribution in [0.25, 0.3) is 0 Å². The standard InChI is InChI=1S/C20H28N8O/c1-21-20(23-12-16-5-6-18(22-11-16)26-7-3-4-8-26)27-9-10-28(19(29)15-27)17-13-24-25(2)14-17/h5-6,11,13-14H,3-4,7-10,12,15H2,1-2H3,(H,21,23). The van der Waals surface area contributed by atoms with Crippen molar-refractivity contribution in [3.05, 3.63) is 36.3 Å². The molecule has 9 nitrogen and oxygen atoms in total. The number of aliphatic imine (C=N–C) groups is 1. The van der Waals surface area contributed by atoms with Gasteiger partial charge in [-0.1, -0.05) is 6.07 Å². The van der Waals surface area contributed by atoms with Crippen molar-refractivity contribution in [2.45, 2.75) is 19.4 Å². The third kappa shape index (κ3) is 4.33. The number of aromatic nitrogens is 3. The minimum atomic E-state index is 0.0452. The molecule has 0 aliphatic carbocycles. The summed E-state index contributed by atoms with van der Waals surface area (Å²) in [5, 5.41) is 7.51. The number of aryl methyl sites for hydroxylation is 1. The molecule has 2 saturated heterocycles. The molecule has 154 valence electrons. The maximum absolute atomic E-state index is 12.6. The van der Waals surface area contributed by atoms with Gasteiger partial charge in [0.15, 0.2) is 5.96 Å². The summed E-state index contributed by atoms with van der Waals surface area (Å²) in [7, 11) is 3.59. The van der Waals surface area contributed by atoms with Gasteiger partial charge in [0.25, 0.3) is 0 Å². The van der Waals surface area contributed by atoms with Crippen molar-refractivity contribution in [2.24, 2.45) is 12.0 Å². The van der Waals surface area contributed by atoms with E-state index in [1.807, 2.05) is 24.3 Å². The lowest BCUT2D eigenvalue weighted by molar-refractivity contribution is -0.120. The third-order valence-electron chi connectivity index (χ3n) is 5.42. The van der Waals surface area contributed by atoms with Gasteiger partial charge in [0, 0.05) is 59.2 Å². The molecule has 2 aliphatic heterocycles. The predicted octanol–water partition coefficient (Wildman–Crippen LogP) is 0.840. The average molecular weight is 396 g/mol. The summed E-state index contributed by atoms with van der Waals surface area (Å²) < 4.78 is 1.71. The van der Waals surface area contributed by atoms with Gasteiger partial charge in [-0.2, -0.15) is 5.10 Å². The zero-order chi connectivity index (χ0) is 20.2. The Kier molecular flexibility index (Phi) is 5.64. The van der Waals surface area contributed by atoms with Gasteiger partial charge in [0.1, 0.15) is 12.4 Å². The van der Waals surface area contributed by atoms with Crippen molar-refractivity contribution in [3.8, 4) is 0 Å². The van der Waals surface area contributed by atoms with Gasteiger partial charge >= 0.3 is 0 Å². The smallest absolute Gasteiger partial charge is 0.246 e. The number of hydrogen-bond acceptors (Lipinski definition) is 5. The van der Waals surface area contributed by atoms with E-state index < -0.39 is 0 Å². The van der Waals surface area contributed by atoms with Crippen LogP contribution in [-0.4, -0.2) is 71.3 Å². The fraction of sp³-hybridized carbons (Fsp3) is 0.500. The predicted molar refractivity (Wildman–Crippen MR) is 113 cm³/mol. The Morgan fingerprint density at radius 2 is 2.00 bits per heavy atom. The number of piperazine rings is 1. The van der Waals surface area contributed by atoms with Crippen molar-refractivity contribution >= 4 is 23.4 Å². The summed E-state index contributed by atoms with van der Waals surface area (Å²) in [6.07, 6.45) is 7.99. The highest BCUT2D eigenvalue weighted by Gasteiger charge is 2.27. The van der Waals surface area contributed by atoms with Gasteiger partial charge in [-0.3, -0.25) is 14.5 Å².